The maximum atomic E-state index is 13.0. The number of benzene rings is 4. The van der Waals surface area contributed by atoms with Gasteiger partial charge in [0.25, 0.3) is 0 Å². The molecule has 3 atom stereocenters. The Hall–Kier alpha value is -3.93. The summed E-state index contributed by atoms with van der Waals surface area (Å²) in [6, 6.07) is 38.3. The number of hydrogen-bond acceptors (Lipinski definition) is 6. The minimum atomic E-state index is -3.61. The number of aryl methyl sites for hydroxylation is 2. The third kappa shape index (κ3) is 16.8. The highest BCUT2D eigenvalue weighted by atomic mass is 31.2. The van der Waals surface area contributed by atoms with Gasteiger partial charge in [-0.15, -0.1) is 0 Å². The molecule has 0 amide bonds. The Kier molecular flexibility index (Phi) is 17.5. The Bertz CT molecular complexity index is 1550. The van der Waals surface area contributed by atoms with Crippen molar-refractivity contribution in [3.63, 3.8) is 0 Å². The molecule has 0 fully saturated rings. The first-order valence-corrected chi connectivity index (χ1v) is 19.6. The first-order chi connectivity index (χ1) is 23.2. The molecule has 0 saturated carbocycles. The Morgan fingerprint density at radius 3 is 1.58 bits per heavy atom. The molecule has 0 saturated heterocycles. The number of hydrogen-bond donors (Lipinski definition) is 2. The molecule has 0 aromatic heterocycles. The van der Waals surface area contributed by atoms with E-state index in [1.54, 1.807) is 0 Å². The zero-order valence-electron chi connectivity index (χ0n) is 27.1. The normalized spacial score (nSPS) is 12.8. The second-order valence-electron chi connectivity index (χ2n) is 11.5. The van der Waals surface area contributed by atoms with Gasteiger partial charge in [-0.3, -0.25) is 14.2 Å². The fraction of sp³-hybridized carbons (Fsp3) is 0.316. The molecule has 0 bridgehead atoms. The standard InChI is InChI=1S/C29H33O6P.C9H11O2P/c30-28(34-21-25-13-6-2-7-14-25)19-18-27(29(31)35-22-26-15-8-3-9-16-26)23-36(32,33)20-10-17-24-11-4-1-5-12-24;10-12(11)8-4-7-9-5-2-1-3-6-9/h1-9,11-16,27H,10,17-23H2,(H,32,33);1-3,5-6H,4,7-8H2/p+1. The molecule has 4 aromatic rings. The largest absolute Gasteiger partial charge is 0.505 e. The van der Waals surface area contributed by atoms with Crippen LogP contribution in [0.15, 0.2) is 121 Å². The number of rotatable bonds is 18. The maximum absolute atomic E-state index is 13.0. The summed E-state index contributed by atoms with van der Waals surface area (Å²) in [5, 5.41) is 0. The lowest BCUT2D eigenvalue weighted by Crippen LogP contribution is -2.23. The first-order valence-electron chi connectivity index (χ1n) is 16.1. The Morgan fingerprint density at radius 2 is 1.10 bits per heavy atom. The zero-order valence-corrected chi connectivity index (χ0v) is 28.9. The summed E-state index contributed by atoms with van der Waals surface area (Å²) in [5.41, 5.74) is 4.01. The van der Waals surface area contributed by atoms with Crippen molar-refractivity contribution in [2.45, 2.75) is 51.7 Å². The van der Waals surface area contributed by atoms with E-state index in [0.717, 1.165) is 29.5 Å². The number of esters is 2. The van der Waals surface area contributed by atoms with Crippen LogP contribution in [0, 0.1) is 5.92 Å². The second-order valence-corrected chi connectivity index (χ2v) is 15.1. The van der Waals surface area contributed by atoms with Crippen LogP contribution in [0.3, 0.4) is 0 Å². The number of ether oxygens (including phenoxy) is 2. The quantitative estimate of drug-likeness (QED) is 0.0791. The summed E-state index contributed by atoms with van der Waals surface area (Å²) in [4.78, 5) is 44.4. The highest BCUT2D eigenvalue weighted by Gasteiger charge is 2.30. The summed E-state index contributed by atoms with van der Waals surface area (Å²) in [6.07, 6.45) is 3.22. The summed E-state index contributed by atoms with van der Waals surface area (Å²) >= 11 is 0. The van der Waals surface area contributed by atoms with E-state index in [1.165, 1.54) is 5.56 Å². The van der Waals surface area contributed by atoms with Crippen LogP contribution in [0.2, 0.25) is 0 Å². The molecule has 3 unspecified atom stereocenters. The Morgan fingerprint density at radius 1 is 0.667 bits per heavy atom. The molecule has 4 rings (SSSR count). The van der Waals surface area contributed by atoms with Crippen LogP contribution in [0.25, 0.3) is 0 Å². The highest BCUT2D eigenvalue weighted by Crippen LogP contribution is 2.44. The van der Waals surface area contributed by atoms with Gasteiger partial charge in [0.2, 0.25) is 7.37 Å². The Labute approximate surface area is 284 Å². The molecule has 0 spiro atoms. The fourth-order valence-corrected chi connectivity index (χ4v) is 7.19. The highest BCUT2D eigenvalue weighted by molar-refractivity contribution is 7.58. The smallest absolute Gasteiger partial charge is 0.461 e. The van der Waals surface area contributed by atoms with Crippen LogP contribution in [-0.4, -0.2) is 40.2 Å². The van der Waals surface area contributed by atoms with Crippen molar-refractivity contribution in [3.05, 3.63) is 144 Å². The molecule has 0 heterocycles. The van der Waals surface area contributed by atoms with E-state index in [2.05, 4.69) is 0 Å². The van der Waals surface area contributed by atoms with E-state index < -0.39 is 33.3 Å². The van der Waals surface area contributed by atoms with E-state index in [4.69, 9.17) is 14.4 Å². The van der Waals surface area contributed by atoms with Crippen LogP contribution < -0.4 is 0 Å². The van der Waals surface area contributed by atoms with Crippen molar-refractivity contribution < 1.29 is 38.0 Å². The minimum Gasteiger partial charge on any atom is -0.461 e. The third-order valence-corrected chi connectivity index (χ3v) is 10.2. The average Bonchev–Trinajstić information content (AvgIpc) is 3.10. The van der Waals surface area contributed by atoms with Crippen molar-refractivity contribution in [1.82, 2.24) is 0 Å². The molecule has 48 heavy (non-hydrogen) atoms. The fourth-order valence-electron chi connectivity index (χ4n) is 4.91. The second kappa shape index (κ2) is 21.8. The van der Waals surface area contributed by atoms with Crippen LogP contribution in [-0.2, 0) is 54.2 Å². The minimum absolute atomic E-state index is 0.0397. The van der Waals surface area contributed by atoms with E-state index in [1.807, 2.05) is 121 Å². The van der Waals surface area contributed by atoms with Gasteiger partial charge in [-0.05, 0) is 58.9 Å². The van der Waals surface area contributed by atoms with E-state index in [-0.39, 0.29) is 38.4 Å². The first kappa shape index (κ1) is 38.5. The lowest BCUT2D eigenvalue weighted by atomic mass is 10.1. The van der Waals surface area contributed by atoms with E-state index in [0.29, 0.717) is 19.0 Å². The predicted octanol–water partition coefficient (Wildman–Crippen LogP) is 8.13. The van der Waals surface area contributed by atoms with Crippen molar-refractivity contribution in [1.29, 1.82) is 0 Å². The van der Waals surface area contributed by atoms with Gasteiger partial charge in [0.1, 0.15) is 13.2 Å². The molecular weight excluding hydrogens is 646 g/mol. The van der Waals surface area contributed by atoms with Crippen molar-refractivity contribution in [2.24, 2.45) is 5.92 Å². The molecule has 0 radical (unpaired) electrons. The van der Waals surface area contributed by atoms with Gasteiger partial charge in [-0.1, -0.05) is 121 Å². The van der Waals surface area contributed by atoms with Gasteiger partial charge in [-0.25, -0.2) is 0 Å². The van der Waals surface area contributed by atoms with Gasteiger partial charge in [-0.2, -0.15) is 4.89 Å². The monoisotopic (exact) mass is 691 g/mol. The lowest BCUT2D eigenvalue weighted by molar-refractivity contribution is -0.150. The van der Waals surface area contributed by atoms with E-state index in [9.17, 15) is 23.6 Å². The van der Waals surface area contributed by atoms with Crippen molar-refractivity contribution in [3.8, 4) is 0 Å². The van der Waals surface area contributed by atoms with Crippen LogP contribution in [0.4, 0.5) is 0 Å². The van der Waals surface area contributed by atoms with Crippen LogP contribution in [0.5, 0.6) is 0 Å². The molecule has 254 valence electrons. The van der Waals surface area contributed by atoms with Gasteiger partial charge in [0.15, 0.2) is 6.16 Å². The molecule has 0 aliphatic rings. The summed E-state index contributed by atoms with van der Waals surface area (Å²) in [7, 11) is -5.56. The van der Waals surface area contributed by atoms with E-state index >= 15 is 0 Å². The topological polar surface area (TPSA) is 127 Å². The van der Waals surface area contributed by atoms with Gasteiger partial charge < -0.3 is 14.4 Å². The summed E-state index contributed by atoms with van der Waals surface area (Å²) in [6.45, 7) is 0.207. The van der Waals surface area contributed by atoms with Crippen LogP contribution in [0.1, 0.15) is 47.9 Å². The molecule has 10 heteroatoms. The van der Waals surface area contributed by atoms with Gasteiger partial charge in [0.05, 0.1) is 5.92 Å². The molecule has 0 aliphatic carbocycles. The summed E-state index contributed by atoms with van der Waals surface area (Å²) < 4.78 is 34.1. The molecule has 0 aliphatic heterocycles. The van der Waals surface area contributed by atoms with Crippen molar-refractivity contribution in [2.75, 3.05) is 18.5 Å². The van der Waals surface area contributed by atoms with Gasteiger partial charge >= 0.3 is 20.0 Å². The molecule has 8 nitrogen and oxygen atoms in total. The predicted molar refractivity (Wildman–Crippen MR) is 189 cm³/mol. The Balaban J connectivity index is 0.000000437. The van der Waals surface area contributed by atoms with Crippen molar-refractivity contribution >= 4 is 27.3 Å². The molecule has 2 N–H and O–H groups in total. The molecular formula is C38H45O8P2+. The third-order valence-electron chi connectivity index (χ3n) is 7.48. The number of carbonyl (C=O) groups excluding carboxylic acids is 2. The average molecular weight is 692 g/mol. The number of carbonyl (C=O) groups is 2. The van der Waals surface area contributed by atoms with Gasteiger partial charge in [0, 0.05) is 18.7 Å². The molecule has 4 aromatic carbocycles. The lowest BCUT2D eigenvalue weighted by Gasteiger charge is -2.19. The van der Waals surface area contributed by atoms with Crippen LogP contribution >= 0.6 is 15.4 Å². The SMILES string of the molecule is O=C(CCC(CP(=O)(O)CCCc1ccccc1)C(=O)OCc1ccccc1)OCc1ccccc1.O=[P+](O)CCCc1ccccc1. The zero-order chi connectivity index (χ0) is 34.5. The summed E-state index contributed by atoms with van der Waals surface area (Å²) in [5.74, 6) is -1.91. The maximum Gasteiger partial charge on any atom is 0.505 e.